The van der Waals surface area contributed by atoms with Gasteiger partial charge in [0, 0.05) is 12.5 Å². The van der Waals surface area contributed by atoms with Crippen LogP contribution in [-0.2, 0) is 0 Å². The molecule has 0 spiro atoms. The Bertz CT molecular complexity index is 133. The molecule has 0 aromatic heterocycles. The van der Waals surface area contributed by atoms with Gasteiger partial charge in [-0.25, -0.2) is 8.78 Å². The summed E-state index contributed by atoms with van der Waals surface area (Å²) in [6, 6.07) is -0.496. The van der Waals surface area contributed by atoms with Crippen LogP contribution in [0.25, 0.3) is 0 Å². The molecule has 0 saturated heterocycles. The van der Waals surface area contributed by atoms with Crippen molar-refractivity contribution < 1.29 is 8.78 Å². The number of rotatable bonds is 0. The number of alkyl halides is 1. The number of nitrogens with two attached hydrogens (primary N) is 1. The minimum atomic E-state index is -1.28. The van der Waals surface area contributed by atoms with E-state index in [1.54, 1.807) is 0 Å². The molecule has 0 amide bonds. The zero-order valence-corrected chi connectivity index (χ0v) is 4.98. The Morgan fingerprint density at radius 2 is 2.33 bits per heavy atom. The Morgan fingerprint density at radius 1 is 1.67 bits per heavy atom. The fourth-order valence-electron chi connectivity index (χ4n) is 0.843. The van der Waals surface area contributed by atoms with Gasteiger partial charge >= 0.3 is 0 Å². The van der Waals surface area contributed by atoms with E-state index in [2.05, 4.69) is 0 Å². The van der Waals surface area contributed by atoms with E-state index in [9.17, 15) is 8.78 Å². The lowest BCUT2D eigenvalue weighted by Crippen LogP contribution is -2.32. The SMILES string of the molecule is N[C@H]1CCC(F)=C[C@H]1F. The first-order valence-electron chi connectivity index (χ1n) is 2.96. The molecule has 1 aliphatic carbocycles. The van der Waals surface area contributed by atoms with Gasteiger partial charge in [-0.1, -0.05) is 0 Å². The highest BCUT2D eigenvalue weighted by molar-refractivity contribution is 5.05. The first-order valence-corrected chi connectivity index (χ1v) is 2.96. The molecule has 0 saturated carbocycles. The molecular weight excluding hydrogens is 124 g/mol. The predicted molar refractivity (Wildman–Crippen MR) is 31.3 cm³/mol. The molecule has 52 valence electrons. The minimum absolute atomic E-state index is 0.293. The standard InChI is InChI=1S/C6H9F2N/c7-4-1-2-6(9)5(8)3-4/h3,5-6H,1-2,9H2/t5-,6+/m1/s1. The van der Waals surface area contributed by atoms with Crippen molar-refractivity contribution in [2.75, 3.05) is 0 Å². The average molecular weight is 133 g/mol. The topological polar surface area (TPSA) is 26.0 Å². The van der Waals surface area contributed by atoms with Crippen molar-refractivity contribution in [3.63, 3.8) is 0 Å². The van der Waals surface area contributed by atoms with E-state index in [4.69, 9.17) is 5.73 Å². The van der Waals surface area contributed by atoms with Crippen molar-refractivity contribution in [1.82, 2.24) is 0 Å². The first-order chi connectivity index (χ1) is 4.20. The highest BCUT2D eigenvalue weighted by atomic mass is 19.1. The molecule has 1 nitrogen and oxygen atoms in total. The van der Waals surface area contributed by atoms with Gasteiger partial charge in [0.05, 0.1) is 5.83 Å². The van der Waals surface area contributed by atoms with Gasteiger partial charge in [-0.2, -0.15) is 0 Å². The lowest BCUT2D eigenvalue weighted by molar-refractivity contribution is 0.301. The Morgan fingerprint density at radius 3 is 2.78 bits per heavy atom. The molecule has 0 heterocycles. The Kier molecular flexibility index (Phi) is 1.81. The van der Waals surface area contributed by atoms with Crippen molar-refractivity contribution in [1.29, 1.82) is 0 Å². The predicted octanol–water partition coefficient (Wildman–Crippen LogP) is 1.30. The molecule has 2 atom stereocenters. The largest absolute Gasteiger partial charge is 0.325 e. The highest BCUT2D eigenvalue weighted by Crippen LogP contribution is 2.19. The van der Waals surface area contributed by atoms with E-state index >= 15 is 0 Å². The first kappa shape index (κ1) is 6.68. The van der Waals surface area contributed by atoms with Gasteiger partial charge in [0.25, 0.3) is 0 Å². The fraction of sp³-hybridized carbons (Fsp3) is 0.667. The second-order valence-electron chi connectivity index (χ2n) is 2.26. The summed E-state index contributed by atoms with van der Waals surface area (Å²) < 4.78 is 24.6. The maximum atomic E-state index is 12.4. The van der Waals surface area contributed by atoms with E-state index in [-0.39, 0.29) is 5.83 Å². The molecule has 0 bridgehead atoms. The normalized spacial score (nSPS) is 36.1. The zero-order valence-electron chi connectivity index (χ0n) is 4.98. The number of halogens is 2. The van der Waals surface area contributed by atoms with Gasteiger partial charge < -0.3 is 5.73 Å². The smallest absolute Gasteiger partial charge is 0.136 e. The average Bonchev–Trinajstić information content (AvgIpc) is 1.80. The number of allylic oxidation sites excluding steroid dienone is 1. The van der Waals surface area contributed by atoms with Crippen LogP contribution >= 0.6 is 0 Å². The summed E-state index contributed by atoms with van der Waals surface area (Å²) in [7, 11) is 0. The molecule has 0 fully saturated rings. The van der Waals surface area contributed by atoms with Crippen molar-refractivity contribution >= 4 is 0 Å². The second kappa shape index (κ2) is 2.43. The lowest BCUT2D eigenvalue weighted by Gasteiger charge is -2.17. The summed E-state index contributed by atoms with van der Waals surface area (Å²) in [5, 5.41) is 0. The maximum absolute atomic E-state index is 12.4. The monoisotopic (exact) mass is 133 g/mol. The molecule has 9 heavy (non-hydrogen) atoms. The van der Waals surface area contributed by atoms with Crippen LogP contribution in [0.2, 0.25) is 0 Å². The molecule has 0 unspecified atom stereocenters. The number of hydrogen-bond acceptors (Lipinski definition) is 1. The van der Waals surface area contributed by atoms with Gasteiger partial charge in [-0.3, -0.25) is 0 Å². The third-order valence-corrected chi connectivity index (χ3v) is 1.47. The van der Waals surface area contributed by atoms with Crippen LogP contribution in [0.15, 0.2) is 11.9 Å². The summed E-state index contributed by atoms with van der Waals surface area (Å²) in [6.45, 7) is 0. The van der Waals surface area contributed by atoms with Crippen LogP contribution in [0.5, 0.6) is 0 Å². The van der Waals surface area contributed by atoms with E-state index in [1.165, 1.54) is 0 Å². The summed E-state index contributed by atoms with van der Waals surface area (Å²) in [5.41, 5.74) is 5.25. The van der Waals surface area contributed by atoms with Gasteiger partial charge in [-0.15, -0.1) is 0 Å². The summed E-state index contributed by atoms with van der Waals surface area (Å²) >= 11 is 0. The molecule has 3 heteroatoms. The molecule has 1 rings (SSSR count). The van der Waals surface area contributed by atoms with E-state index in [0.29, 0.717) is 12.8 Å². The quantitative estimate of drug-likeness (QED) is 0.529. The van der Waals surface area contributed by atoms with Gasteiger partial charge in [0.1, 0.15) is 6.17 Å². The third-order valence-electron chi connectivity index (χ3n) is 1.47. The second-order valence-corrected chi connectivity index (χ2v) is 2.26. The Balaban J connectivity index is 2.58. The van der Waals surface area contributed by atoms with Crippen LogP contribution < -0.4 is 5.73 Å². The van der Waals surface area contributed by atoms with Crippen molar-refractivity contribution in [3.05, 3.63) is 11.9 Å². The van der Waals surface area contributed by atoms with Crippen molar-refractivity contribution in [2.45, 2.75) is 25.1 Å². The van der Waals surface area contributed by atoms with Gasteiger partial charge in [-0.05, 0) is 12.5 Å². The molecule has 0 radical (unpaired) electrons. The van der Waals surface area contributed by atoms with Crippen LogP contribution in [0, 0.1) is 0 Å². The Hall–Kier alpha value is -0.440. The van der Waals surface area contributed by atoms with Gasteiger partial charge in [0.2, 0.25) is 0 Å². The highest BCUT2D eigenvalue weighted by Gasteiger charge is 2.20. The van der Waals surface area contributed by atoms with E-state index in [1.807, 2.05) is 0 Å². The summed E-state index contributed by atoms with van der Waals surface area (Å²) in [6.07, 6.45) is 0.387. The van der Waals surface area contributed by atoms with Crippen molar-refractivity contribution in [3.8, 4) is 0 Å². The van der Waals surface area contributed by atoms with Crippen molar-refractivity contribution in [2.24, 2.45) is 5.73 Å². The van der Waals surface area contributed by atoms with E-state index < -0.39 is 12.2 Å². The van der Waals surface area contributed by atoms with Crippen LogP contribution in [0.1, 0.15) is 12.8 Å². The van der Waals surface area contributed by atoms with Crippen LogP contribution in [0.4, 0.5) is 8.78 Å². The molecule has 0 aromatic rings. The molecule has 0 aliphatic heterocycles. The zero-order chi connectivity index (χ0) is 6.85. The molecule has 1 aliphatic rings. The number of hydrogen-bond donors (Lipinski definition) is 1. The summed E-state index contributed by atoms with van der Waals surface area (Å²) in [4.78, 5) is 0. The third kappa shape index (κ3) is 1.48. The summed E-state index contributed by atoms with van der Waals surface area (Å²) in [5.74, 6) is -0.371. The lowest BCUT2D eigenvalue weighted by atomic mass is 10.0. The molecule has 0 aromatic carbocycles. The van der Waals surface area contributed by atoms with Crippen LogP contribution in [-0.4, -0.2) is 12.2 Å². The maximum Gasteiger partial charge on any atom is 0.136 e. The van der Waals surface area contributed by atoms with E-state index in [0.717, 1.165) is 6.08 Å². The minimum Gasteiger partial charge on any atom is -0.325 e. The van der Waals surface area contributed by atoms with Crippen LogP contribution in [0.3, 0.4) is 0 Å². The molecule has 2 N–H and O–H groups in total. The Labute approximate surface area is 52.5 Å². The molecular formula is C6H9F2N. The fourth-order valence-corrected chi connectivity index (χ4v) is 0.843. The van der Waals surface area contributed by atoms with Gasteiger partial charge in [0.15, 0.2) is 0 Å².